The van der Waals surface area contributed by atoms with Gasteiger partial charge in [0.25, 0.3) is 0 Å². The number of amides is 2. The van der Waals surface area contributed by atoms with Crippen molar-refractivity contribution >= 4 is 23.9 Å². The Bertz CT molecular complexity index is 628. The molecule has 0 spiro atoms. The number of esters is 1. The average Bonchev–Trinajstić information content (AvgIpc) is 2.51. The maximum atomic E-state index is 12.4. The van der Waals surface area contributed by atoms with Gasteiger partial charge in [-0.15, -0.1) is 0 Å². The molecule has 2 atom stereocenters. The minimum atomic E-state index is -2.34. The Kier molecular flexibility index (Phi) is 9.34. The molecule has 27 heavy (non-hydrogen) atoms. The Hall–Kier alpha value is -2.76. The van der Waals surface area contributed by atoms with Crippen LogP contribution in [0.2, 0.25) is 0 Å². The SMILES string of the molecule is CCOC(=O)C(NC(C)=O)(C(=O)O)C(C#CCNC(=O)OC(C)(C)C)CC. The lowest BCUT2D eigenvalue weighted by atomic mass is 9.82. The molecule has 0 bridgehead atoms. The van der Waals surface area contributed by atoms with Crippen molar-refractivity contribution in [1.82, 2.24) is 10.6 Å². The molecule has 0 aromatic carbocycles. The van der Waals surface area contributed by atoms with Crippen LogP contribution in [-0.4, -0.2) is 53.3 Å². The molecule has 9 heteroatoms. The molecule has 0 rings (SSSR count). The highest BCUT2D eigenvalue weighted by Gasteiger charge is 2.54. The smallest absolute Gasteiger partial charge is 0.408 e. The summed E-state index contributed by atoms with van der Waals surface area (Å²) >= 11 is 0. The van der Waals surface area contributed by atoms with Crippen LogP contribution in [0.3, 0.4) is 0 Å². The summed E-state index contributed by atoms with van der Waals surface area (Å²) in [6, 6.07) is 0. The summed E-state index contributed by atoms with van der Waals surface area (Å²) in [6.45, 7) is 9.19. The van der Waals surface area contributed by atoms with Crippen LogP contribution in [0, 0.1) is 17.8 Å². The molecule has 0 saturated carbocycles. The zero-order valence-electron chi connectivity index (χ0n) is 16.6. The molecule has 0 aliphatic heterocycles. The van der Waals surface area contributed by atoms with Gasteiger partial charge in [0, 0.05) is 6.92 Å². The number of alkyl carbamates (subject to hydrolysis) is 1. The molecule has 3 N–H and O–H groups in total. The van der Waals surface area contributed by atoms with Crippen LogP contribution in [-0.2, 0) is 23.9 Å². The predicted octanol–water partition coefficient (Wildman–Crippen LogP) is 1.06. The van der Waals surface area contributed by atoms with Gasteiger partial charge in [0.15, 0.2) is 0 Å². The van der Waals surface area contributed by atoms with Crippen LogP contribution < -0.4 is 10.6 Å². The van der Waals surface area contributed by atoms with E-state index in [9.17, 15) is 24.3 Å². The van der Waals surface area contributed by atoms with Crippen molar-refractivity contribution < 1.29 is 33.8 Å². The summed E-state index contributed by atoms with van der Waals surface area (Å²) in [5.41, 5.74) is -3.01. The van der Waals surface area contributed by atoms with Crippen LogP contribution in [0.25, 0.3) is 0 Å². The van der Waals surface area contributed by atoms with Crippen LogP contribution in [0.5, 0.6) is 0 Å². The van der Waals surface area contributed by atoms with Crippen LogP contribution in [0.4, 0.5) is 4.79 Å². The van der Waals surface area contributed by atoms with E-state index in [1.54, 1.807) is 27.7 Å². The van der Waals surface area contributed by atoms with Gasteiger partial charge in [-0.3, -0.25) is 4.79 Å². The molecule has 9 nitrogen and oxygen atoms in total. The molecule has 0 aliphatic carbocycles. The molecule has 0 aromatic rings. The molecular weight excluding hydrogens is 356 g/mol. The van der Waals surface area contributed by atoms with Crippen LogP contribution >= 0.6 is 0 Å². The summed E-state index contributed by atoms with van der Waals surface area (Å²) in [5.74, 6) is 0.781. The average molecular weight is 384 g/mol. The van der Waals surface area contributed by atoms with E-state index in [4.69, 9.17) is 9.47 Å². The molecule has 152 valence electrons. The van der Waals surface area contributed by atoms with E-state index in [1.165, 1.54) is 6.92 Å². The fourth-order valence-electron chi connectivity index (χ4n) is 2.21. The van der Waals surface area contributed by atoms with Crippen molar-refractivity contribution in [2.24, 2.45) is 5.92 Å². The minimum absolute atomic E-state index is 0.0580. The van der Waals surface area contributed by atoms with Gasteiger partial charge in [-0.1, -0.05) is 18.8 Å². The van der Waals surface area contributed by atoms with Gasteiger partial charge in [0.1, 0.15) is 5.60 Å². The number of carbonyl (C=O) groups excluding carboxylic acids is 3. The highest BCUT2D eigenvalue weighted by Crippen LogP contribution is 2.23. The van der Waals surface area contributed by atoms with Crippen molar-refractivity contribution in [2.45, 2.75) is 59.1 Å². The van der Waals surface area contributed by atoms with Gasteiger partial charge in [0.2, 0.25) is 11.4 Å². The lowest BCUT2D eigenvalue weighted by Gasteiger charge is -2.32. The lowest BCUT2D eigenvalue weighted by Crippen LogP contribution is -2.64. The van der Waals surface area contributed by atoms with Crippen molar-refractivity contribution in [2.75, 3.05) is 13.2 Å². The summed E-state index contributed by atoms with van der Waals surface area (Å²) in [7, 11) is 0. The fraction of sp³-hybridized carbons (Fsp3) is 0.667. The number of carboxylic acid groups (broad SMARTS) is 1. The van der Waals surface area contributed by atoms with E-state index in [2.05, 4.69) is 22.5 Å². The van der Waals surface area contributed by atoms with Gasteiger partial charge in [-0.05, 0) is 34.1 Å². The number of nitrogens with one attached hydrogen (secondary N) is 2. The summed E-state index contributed by atoms with van der Waals surface area (Å²) in [4.78, 5) is 47.4. The first-order valence-corrected chi connectivity index (χ1v) is 8.55. The van der Waals surface area contributed by atoms with E-state index in [-0.39, 0.29) is 19.6 Å². The summed E-state index contributed by atoms with van der Waals surface area (Å²) in [6.07, 6.45) is -0.535. The Balaban J connectivity index is 5.51. The zero-order valence-corrected chi connectivity index (χ0v) is 16.6. The normalized spacial score (nSPS) is 13.9. The second kappa shape index (κ2) is 10.4. The van der Waals surface area contributed by atoms with E-state index in [1.807, 2.05) is 0 Å². The minimum Gasteiger partial charge on any atom is -0.479 e. The van der Waals surface area contributed by atoms with Crippen molar-refractivity contribution in [3.8, 4) is 11.8 Å². The zero-order chi connectivity index (χ0) is 21.3. The van der Waals surface area contributed by atoms with Crippen molar-refractivity contribution in [3.63, 3.8) is 0 Å². The second-order valence-electron chi connectivity index (χ2n) is 6.65. The molecule has 0 radical (unpaired) electrons. The number of carboxylic acids is 1. The number of hydrogen-bond acceptors (Lipinski definition) is 6. The third kappa shape index (κ3) is 7.56. The Morgan fingerprint density at radius 3 is 2.15 bits per heavy atom. The largest absolute Gasteiger partial charge is 0.479 e. The molecule has 0 aliphatic rings. The van der Waals surface area contributed by atoms with E-state index in [0.717, 1.165) is 6.92 Å². The lowest BCUT2D eigenvalue weighted by molar-refractivity contribution is -0.167. The van der Waals surface area contributed by atoms with Gasteiger partial charge < -0.3 is 25.2 Å². The Labute approximate surface area is 159 Å². The summed E-state index contributed by atoms with van der Waals surface area (Å²) < 4.78 is 9.92. The van der Waals surface area contributed by atoms with Crippen LogP contribution in [0.1, 0.15) is 48.0 Å². The fourth-order valence-corrected chi connectivity index (χ4v) is 2.21. The molecule has 0 saturated heterocycles. The maximum Gasteiger partial charge on any atom is 0.408 e. The Morgan fingerprint density at radius 1 is 1.15 bits per heavy atom. The quantitative estimate of drug-likeness (QED) is 0.340. The predicted molar refractivity (Wildman–Crippen MR) is 96.6 cm³/mol. The number of ether oxygens (including phenoxy) is 2. The second-order valence-corrected chi connectivity index (χ2v) is 6.65. The summed E-state index contributed by atoms with van der Waals surface area (Å²) in [5, 5.41) is 14.3. The number of aliphatic carboxylic acids is 1. The highest BCUT2D eigenvalue weighted by atomic mass is 16.6. The molecule has 0 aromatic heterocycles. The molecule has 2 unspecified atom stereocenters. The van der Waals surface area contributed by atoms with Gasteiger partial charge in [-0.25, -0.2) is 14.4 Å². The standard InChI is InChI=1S/C18H28N2O7/c1-7-13(10-9-11-19-16(25)27-17(4,5)6)18(14(22)23,20-12(3)21)15(24)26-8-2/h13H,7-8,11H2,1-6H3,(H,19,25)(H,20,21)(H,22,23). The Morgan fingerprint density at radius 2 is 1.74 bits per heavy atom. The first-order chi connectivity index (χ1) is 12.4. The third-order valence-corrected chi connectivity index (χ3v) is 3.24. The van der Waals surface area contributed by atoms with E-state index < -0.39 is 41.0 Å². The monoisotopic (exact) mass is 384 g/mol. The van der Waals surface area contributed by atoms with Gasteiger partial charge >= 0.3 is 18.0 Å². The van der Waals surface area contributed by atoms with Crippen molar-refractivity contribution in [1.29, 1.82) is 0 Å². The molecular formula is C18H28N2O7. The number of hydrogen-bond donors (Lipinski definition) is 3. The number of rotatable bonds is 7. The maximum absolute atomic E-state index is 12.4. The first kappa shape index (κ1) is 24.2. The molecule has 0 heterocycles. The van der Waals surface area contributed by atoms with Crippen LogP contribution in [0.15, 0.2) is 0 Å². The number of carbonyl (C=O) groups is 4. The highest BCUT2D eigenvalue weighted by molar-refractivity contribution is 6.07. The molecule has 2 amide bonds. The van der Waals surface area contributed by atoms with Crippen molar-refractivity contribution in [3.05, 3.63) is 0 Å². The topological polar surface area (TPSA) is 131 Å². The first-order valence-electron chi connectivity index (χ1n) is 8.55. The van der Waals surface area contributed by atoms with E-state index >= 15 is 0 Å². The third-order valence-electron chi connectivity index (χ3n) is 3.24. The van der Waals surface area contributed by atoms with Gasteiger partial charge in [-0.2, -0.15) is 0 Å². The van der Waals surface area contributed by atoms with E-state index in [0.29, 0.717) is 0 Å². The van der Waals surface area contributed by atoms with Gasteiger partial charge in [0.05, 0.1) is 19.1 Å². The molecule has 0 fully saturated rings.